The van der Waals surface area contributed by atoms with Crippen LogP contribution in [0.3, 0.4) is 0 Å². The predicted molar refractivity (Wildman–Crippen MR) is 119 cm³/mol. The van der Waals surface area contributed by atoms with Gasteiger partial charge in [-0.2, -0.15) is 0 Å². The molecule has 0 spiro atoms. The highest BCUT2D eigenvalue weighted by Gasteiger charge is 2.59. The molecule has 0 radical (unpaired) electrons. The standard InChI is InChI=1S/C27H42O2/c1-17(16-18(2)28)25(5)14-15-27(7)20-8-10-21-24(3,4)23(29)12-13-26(21,6)19(20)9-11-22(25)27/h11,17,21,23,29H,8-10,12-16H2,1-7H3/t17-,21+,23-,25+,26-,27+/m1/s1. The van der Waals surface area contributed by atoms with Crippen LogP contribution < -0.4 is 0 Å². The molecule has 0 aromatic heterocycles. The molecule has 0 bridgehead atoms. The van der Waals surface area contributed by atoms with Crippen LogP contribution in [0, 0.1) is 33.5 Å². The molecule has 0 heterocycles. The summed E-state index contributed by atoms with van der Waals surface area (Å²) in [5, 5.41) is 10.7. The van der Waals surface area contributed by atoms with Gasteiger partial charge in [-0.1, -0.05) is 64.3 Å². The first kappa shape index (κ1) is 21.3. The smallest absolute Gasteiger partial charge is 0.130 e. The van der Waals surface area contributed by atoms with Crippen molar-refractivity contribution < 1.29 is 9.90 Å². The minimum absolute atomic E-state index is 0.00335. The number of aliphatic hydroxyl groups excluding tert-OH is 1. The van der Waals surface area contributed by atoms with Crippen LogP contribution in [-0.4, -0.2) is 17.0 Å². The monoisotopic (exact) mass is 398 g/mol. The normalized spacial score (nSPS) is 44.5. The average Bonchev–Trinajstić information content (AvgIpc) is 2.91. The van der Waals surface area contributed by atoms with Crippen molar-refractivity contribution in [1.82, 2.24) is 0 Å². The van der Waals surface area contributed by atoms with Gasteiger partial charge in [0.2, 0.25) is 0 Å². The van der Waals surface area contributed by atoms with Crippen LogP contribution >= 0.6 is 0 Å². The van der Waals surface area contributed by atoms with Gasteiger partial charge in [0.15, 0.2) is 0 Å². The number of Topliss-reactive ketones (excluding diaryl/α,β-unsaturated/α-hetero) is 1. The van der Waals surface area contributed by atoms with E-state index in [0.29, 0.717) is 24.0 Å². The average molecular weight is 399 g/mol. The van der Waals surface area contributed by atoms with Crippen LogP contribution in [-0.2, 0) is 4.79 Å². The zero-order valence-electron chi connectivity index (χ0n) is 19.8. The lowest BCUT2D eigenvalue weighted by atomic mass is 9.46. The summed E-state index contributed by atoms with van der Waals surface area (Å²) in [6.45, 7) is 16.1. The number of hydrogen-bond donors (Lipinski definition) is 1. The van der Waals surface area contributed by atoms with Crippen molar-refractivity contribution in [3.8, 4) is 0 Å². The van der Waals surface area contributed by atoms with Gasteiger partial charge in [0, 0.05) is 11.8 Å². The lowest BCUT2D eigenvalue weighted by molar-refractivity contribution is -0.118. The van der Waals surface area contributed by atoms with Gasteiger partial charge in [0.1, 0.15) is 5.78 Å². The Morgan fingerprint density at radius 1 is 1.10 bits per heavy atom. The number of hydrogen-bond acceptors (Lipinski definition) is 2. The largest absolute Gasteiger partial charge is 0.393 e. The van der Waals surface area contributed by atoms with E-state index < -0.39 is 0 Å². The second kappa shape index (κ2) is 6.55. The molecule has 2 nitrogen and oxygen atoms in total. The molecule has 4 aliphatic carbocycles. The first-order chi connectivity index (χ1) is 13.4. The number of ketones is 1. The van der Waals surface area contributed by atoms with Gasteiger partial charge in [-0.15, -0.1) is 0 Å². The third-order valence-corrected chi connectivity index (χ3v) is 10.4. The van der Waals surface area contributed by atoms with E-state index in [-0.39, 0.29) is 27.8 Å². The Balaban J connectivity index is 1.73. The lowest BCUT2D eigenvalue weighted by Gasteiger charge is -2.59. The number of carbonyl (C=O) groups is 1. The summed E-state index contributed by atoms with van der Waals surface area (Å²) in [5.74, 6) is 1.30. The molecule has 2 fully saturated rings. The Kier molecular flexibility index (Phi) is 4.82. The van der Waals surface area contributed by atoms with Gasteiger partial charge in [-0.25, -0.2) is 0 Å². The van der Waals surface area contributed by atoms with Crippen molar-refractivity contribution in [3.05, 3.63) is 22.8 Å². The maximum absolute atomic E-state index is 11.9. The summed E-state index contributed by atoms with van der Waals surface area (Å²) in [5.41, 5.74) is 5.64. The van der Waals surface area contributed by atoms with Crippen molar-refractivity contribution in [2.45, 2.75) is 106 Å². The number of rotatable bonds is 3. The predicted octanol–water partition coefficient (Wildman–Crippen LogP) is 6.63. The van der Waals surface area contributed by atoms with Gasteiger partial charge in [0.05, 0.1) is 6.10 Å². The first-order valence-electron chi connectivity index (χ1n) is 12.0. The molecule has 4 aliphatic rings. The molecule has 1 N–H and O–H groups in total. The van der Waals surface area contributed by atoms with E-state index in [0.717, 1.165) is 19.3 Å². The van der Waals surface area contributed by atoms with Crippen LogP contribution in [0.1, 0.15) is 99.8 Å². The van der Waals surface area contributed by atoms with Gasteiger partial charge in [-0.3, -0.25) is 0 Å². The fraction of sp³-hybridized carbons (Fsp3) is 0.815. The maximum atomic E-state index is 11.9. The van der Waals surface area contributed by atoms with E-state index in [4.69, 9.17) is 0 Å². The summed E-state index contributed by atoms with van der Waals surface area (Å²) >= 11 is 0. The van der Waals surface area contributed by atoms with E-state index in [1.165, 1.54) is 25.7 Å². The Hall–Kier alpha value is -0.890. The molecule has 0 aliphatic heterocycles. The van der Waals surface area contributed by atoms with Crippen molar-refractivity contribution in [1.29, 1.82) is 0 Å². The van der Waals surface area contributed by atoms with Gasteiger partial charge in [0.25, 0.3) is 0 Å². The molecular formula is C27H42O2. The number of aliphatic hydroxyl groups is 1. The van der Waals surface area contributed by atoms with Gasteiger partial charge < -0.3 is 9.90 Å². The molecular weight excluding hydrogens is 356 g/mol. The number of fused-ring (bicyclic) bond motifs is 4. The summed E-state index contributed by atoms with van der Waals surface area (Å²) < 4.78 is 0. The van der Waals surface area contributed by atoms with Crippen LogP contribution in [0.5, 0.6) is 0 Å². The summed E-state index contributed by atoms with van der Waals surface area (Å²) in [4.78, 5) is 11.9. The molecule has 162 valence electrons. The molecule has 0 amide bonds. The molecule has 2 saturated carbocycles. The van der Waals surface area contributed by atoms with Crippen molar-refractivity contribution in [3.63, 3.8) is 0 Å². The molecule has 2 heteroatoms. The first-order valence-corrected chi connectivity index (χ1v) is 12.0. The minimum atomic E-state index is -0.171. The summed E-state index contributed by atoms with van der Waals surface area (Å²) in [7, 11) is 0. The van der Waals surface area contributed by atoms with Crippen LogP contribution in [0.25, 0.3) is 0 Å². The minimum Gasteiger partial charge on any atom is -0.393 e. The Bertz CT molecular complexity index is 786. The molecule has 0 aromatic carbocycles. The van der Waals surface area contributed by atoms with Crippen molar-refractivity contribution in [2.75, 3.05) is 0 Å². The molecule has 0 unspecified atom stereocenters. The van der Waals surface area contributed by atoms with E-state index in [1.54, 1.807) is 23.6 Å². The third kappa shape index (κ3) is 2.80. The zero-order valence-corrected chi connectivity index (χ0v) is 19.8. The molecule has 0 aromatic rings. The zero-order chi connectivity index (χ0) is 21.4. The highest BCUT2D eigenvalue weighted by atomic mass is 16.3. The topological polar surface area (TPSA) is 37.3 Å². The van der Waals surface area contributed by atoms with E-state index in [9.17, 15) is 9.90 Å². The lowest BCUT2D eigenvalue weighted by Crippen LogP contribution is -2.53. The summed E-state index contributed by atoms with van der Waals surface area (Å²) in [6, 6.07) is 0. The van der Waals surface area contributed by atoms with E-state index >= 15 is 0 Å². The Morgan fingerprint density at radius 2 is 1.79 bits per heavy atom. The van der Waals surface area contributed by atoms with E-state index in [2.05, 4.69) is 47.6 Å². The van der Waals surface area contributed by atoms with Crippen molar-refractivity contribution in [2.24, 2.45) is 33.5 Å². The van der Waals surface area contributed by atoms with Crippen LogP contribution in [0.4, 0.5) is 0 Å². The Labute approximate surface area is 178 Å². The van der Waals surface area contributed by atoms with Gasteiger partial charge in [-0.05, 0) is 80.0 Å². The molecule has 0 saturated heterocycles. The fourth-order valence-electron chi connectivity index (χ4n) is 8.39. The van der Waals surface area contributed by atoms with E-state index in [1.807, 2.05) is 0 Å². The fourth-order valence-corrected chi connectivity index (χ4v) is 8.39. The van der Waals surface area contributed by atoms with Crippen molar-refractivity contribution >= 4 is 5.78 Å². The molecule has 4 rings (SSSR count). The van der Waals surface area contributed by atoms with Crippen LogP contribution in [0.2, 0.25) is 0 Å². The highest BCUT2D eigenvalue weighted by Crippen LogP contribution is 2.69. The van der Waals surface area contributed by atoms with Crippen LogP contribution in [0.15, 0.2) is 22.8 Å². The molecule has 6 atom stereocenters. The molecule has 29 heavy (non-hydrogen) atoms. The highest BCUT2D eigenvalue weighted by molar-refractivity contribution is 5.75. The summed E-state index contributed by atoms with van der Waals surface area (Å²) in [6.07, 6.45) is 11.1. The van der Waals surface area contributed by atoms with Gasteiger partial charge >= 0.3 is 0 Å². The third-order valence-electron chi connectivity index (χ3n) is 10.4. The second-order valence-electron chi connectivity index (χ2n) is 12.2. The number of carbonyl (C=O) groups excluding carboxylic acids is 1. The number of allylic oxidation sites excluding steroid dienone is 4. The quantitative estimate of drug-likeness (QED) is 0.542. The Morgan fingerprint density at radius 3 is 2.45 bits per heavy atom. The second-order valence-corrected chi connectivity index (χ2v) is 12.2. The SMILES string of the molecule is CC(=O)C[C@@H](C)[C@]1(C)CC[C@]2(C)C1=CCC1=C2CC[C@H]2C(C)(C)[C@H](O)CC[C@]12C. The maximum Gasteiger partial charge on any atom is 0.130 e.